The number of anilines is 1. The van der Waals surface area contributed by atoms with Crippen LogP contribution in [-0.2, 0) is 17.8 Å². The van der Waals surface area contributed by atoms with Crippen LogP contribution in [0.5, 0.6) is 0 Å². The van der Waals surface area contributed by atoms with Gasteiger partial charge in [-0.1, -0.05) is 30.5 Å². The van der Waals surface area contributed by atoms with Crippen LogP contribution in [0.3, 0.4) is 0 Å². The maximum Gasteiger partial charge on any atom is 0.288 e. The van der Waals surface area contributed by atoms with Gasteiger partial charge >= 0.3 is 0 Å². The van der Waals surface area contributed by atoms with Crippen molar-refractivity contribution in [2.75, 3.05) is 18.5 Å². The third kappa shape index (κ3) is 9.40. The largest absolute Gasteiger partial charge is 0.382 e. The van der Waals surface area contributed by atoms with Crippen LogP contribution in [0.15, 0.2) is 53.7 Å². The van der Waals surface area contributed by atoms with Gasteiger partial charge in [0.2, 0.25) is 5.91 Å². The monoisotopic (exact) mass is 825 g/mol. The molecule has 5 N–H and O–H groups in total. The van der Waals surface area contributed by atoms with Crippen molar-refractivity contribution in [1.29, 1.82) is 5.41 Å². The fraction of sp³-hybridized carbons (Fsp3) is 0.368. The van der Waals surface area contributed by atoms with Crippen molar-refractivity contribution in [3.63, 3.8) is 0 Å². The lowest BCUT2D eigenvalue weighted by atomic mass is 9.93. The molecule has 298 valence electrons. The van der Waals surface area contributed by atoms with Gasteiger partial charge in [0, 0.05) is 29.2 Å². The van der Waals surface area contributed by atoms with Gasteiger partial charge in [-0.25, -0.2) is 31.3 Å². The number of nitrogens with two attached hydrogens (primary N) is 1. The van der Waals surface area contributed by atoms with E-state index in [-0.39, 0.29) is 56.2 Å². The van der Waals surface area contributed by atoms with Gasteiger partial charge in [-0.2, -0.15) is 13.9 Å². The number of carbonyl (C=O) groups is 1. The van der Waals surface area contributed by atoms with E-state index in [1.807, 2.05) is 20.1 Å². The first kappa shape index (κ1) is 42.3. The van der Waals surface area contributed by atoms with E-state index in [0.29, 0.717) is 6.07 Å². The van der Waals surface area contributed by atoms with E-state index in [0.717, 1.165) is 16.8 Å². The van der Waals surface area contributed by atoms with Gasteiger partial charge in [-0.3, -0.25) is 14.9 Å². The highest BCUT2D eigenvalue weighted by Crippen LogP contribution is 2.44. The summed E-state index contributed by atoms with van der Waals surface area (Å²) < 4.78 is 114. The molecule has 2 atom stereocenters. The molecule has 4 aromatic rings. The Kier molecular flexibility index (Phi) is 12.6. The van der Waals surface area contributed by atoms with Crippen LogP contribution < -0.4 is 16.4 Å². The van der Waals surface area contributed by atoms with Gasteiger partial charge in [0.15, 0.2) is 5.82 Å². The van der Waals surface area contributed by atoms with Gasteiger partial charge in [0.25, 0.3) is 18.8 Å². The highest BCUT2D eigenvalue weighted by molar-refractivity contribution is 8.00. The Morgan fingerprint density at radius 2 is 1.79 bits per heavy atom. The minimum Gasteiger partial charge on any atom is -0.382 e. The van der Waals surface area contributed by atoms with Gasteiger partial charge in [-0.15, -0.1) is 11.8 Å². The number of hydrogen-bond acceptors (Lipinski definition) is 7. The summed E-state index contributed by atoms with van der Waals surface area (Å²) in [7, 11) is 0. The highest BCUT2D eigenvalue weighted by atomic mass is 35.5. The van der Waals surface area contributed by atoms with E-state index < -0.39 is 89.5 Å². The summed E-state index contributed by atoms with van der Waals surface area (Å²) in [5, 5.41) is 17.0. The molecule has 0 radical (unpaired) electrons. The number of nitrogen functional groups attached to an aromatic ring is 1. The number of rotatable bonds is 13. The number of amides is 1. The SMILES string of the molecule is CSC(C)(C)C#Cc1ccc(-c2ccc(Cl)c3c(N)nn(CC(F)F)c23)c(C(Cc2cc(F)cc(F)c2)NC(=O)CNC2=C(C(=N)C(F)F)[C@@H](C)CC2(F)F)n1. The van der Waals surface area contributed by atoms with Crippen molar-refractivity contribution >= 4 is 51.7 Å². The number of fused-ring (bicyclic) bond motifs is 1. The van der Waals surface area contributed by atoms with Crippen LogP contribution in [0.1, 0.15) is 50.2 Å². The van der Waals surface area contributed by atoms with Crippen LogP contribution in [-0.4, -0.2) is 62.7 Å². The van der Waals surface area contributed by atoms with Gasteiger partial charge < -0.3 is 16.4 Å². The Morgan fingerprint density at radius 3 is 2.41 bits per heavy atom. The molecule has 1 amide bonds. The summed E-state index contributed by atoms with van der Waals surface area (Å²) in [6.07, 6.45) is -5.58. The quantitative estimate of drug-likeness (QED) is 0.0609. The normalized spacial score (nSPS) is 16.0. The lowest BCUT2D eigenvalue weighted by Gasteiger charge is -2.24. The molecule has 1 unspecified atom stereocenters. The number of allylic oxidation sites excluding steroid dienone is 2. The summed E-state index contributed by atoms with van der Waals surface area (Å²) in [6.45, 7) is 3.22. The maximum absolute atomic E-state index is 15.0. The van der Waals surface area contributed by atoms with Crippen molar-refractivity contribution in [2.45, 2.75) is 69.7 Å². The molecule has 8 nitrogen and oxygen atoms in total. The van der Waals surface area contributed by atoms with Crippen LogP contribution in [0, 0.1) is 34.8 Å². The lowest BCUT2D eigenvalue weighted by molar-refractivity contribution is -0.121. The number of benzene rings is 2. The molecular formula is C38H36ClF8N7OS. The number of hydrogen-bond donors (Lipinski definition) is 4. The first-order valence-corrected chi connectivity index (χ1v) is 18.6. The second-order valence-electron chi connectivity index (χ2n) is 13.6. The predicted octanol–water partition coefficient (Wildman–Crippen LogP) is 8.57. The Balaban J connectivity index is 1.69. The van der Waals surface area contributed by atoms with Gasteiger partial charge in [0.1, 0.15) is 29.6 Å². The minimum absolute atomic E-state index is 0.0166. The molecule has 1 aliphatic carbocycles. The molecule has 1 aliphatic rings. The van der Waals surface area contributed by atoms with E-state index in [1.54, 1.807) is 6.07 Å². The average Bonchev–Trinajstić information content (AvgIpc) is 3.55. The number of alkyl halides is 6. The van der Waals surface area contributed by atoms with Crippen molar-refractivity contribution in [3.05, 3.63) is 87.3 Å². The summed E-state index contributed by atoms with van der Waals surface area (Å²) in [4.78, 5) is 18.4. The number of aromatic nitrogens is 3. The zero-order valence-electron chi connectivity index (χ0n) is 30.3. The molecule has 56 heavy (non-hydrogen) atoms. The second kappa shape index (κ2) is 16.7. The van der Waals surface area contributed by atoms with Crippen LogP contribution in [0.25, 0.3) is 22.0 Å². The Morgan fingerprint density at radius 1 is 1.12 bits per heavy atom. The smallest absolute Gasteiger partial charge is 0.288 e. The average molecular weight is 826 g/mol. The fourth-order valence-corrected chi connectivity index (χ4v) is 6.86. The van der Waals surface area contributed by atoms with E-state index in [9.17, 15) is 31.1 Å². The van der Waals surface area contributed by atoms with Crippen molar-refractivity contribution < 1.29 is 39.9 Å². The number of nitrogens with one attached hydrogen (secondary N) is 3. The molecule has 0 fully saturated rings. The number of pyridine rings is 1. The topological polar surface area (TPSA) is 122 Å². The van der Waals surface area contributed by atoms with Crippen molar-refractivity contribution in [2.24, 2.45) is 5.92 Å². The van der Waals surface area contributed by atoms with E-state index in [4.69, 9.17) is 27.7 Å². The molecule has 0 saturated heterocycles. The van der Waals surface area contributed by atoms with E-state index in [2.05, 4.69) is 27.6 Å². The van der Waals surface area contributed by atoms with E-state index in [1.165, 1.54) is 36.9 Å². The molecule has 0 aliphatic heterocycles. The highest BCUT2D eigenvalue weighted by Gasteiger charge is 2.48. The van der Waals surface area contributed by atoms with Crippen LogP contribution in [0.2, 0.25) is 5.02 Å². The zero-order valence-corrected chi connectivity index (χ0v) is 31.9. The maximum atomic E-state index is 15.0. The van der Waals surface area contributed by atoms with Crippen LogP contribution >= 0.6 is 23.4 Å². The summed E-state index contributed by atoms with van der Waals surface area (Å²) in [5.74, 6) is -1.73. The minimum atomic E-state index is -3.66. The molecule has 2 aromatic heterocycles. The fourth-order valence-electron chi connectivity index (χ4n) is 6.46. The summed E-state index contributed by atoms with van der Waals surface area (Å²) in [6, 6.07) is 7.38. The third-order valence-electron chi connectivity index (χ3n) is 9.05. The molecule has 2 aromatic carbocycles. The van der Waals surface area contributed by atoms with Gasteiger partial charge in [0.05, 0.1) is 44.7 Å². The molecular weight excluding hydrogens is 790 g/mol. The lowest BCUT2D eigenvalue weighted by Crippen LogP contribution is -2.40. The number of halogens is 9. The predicted molar refractivity (Wildman–Crippen MR) is 201 cm³/mol. The first-order valence-electron chi connectivity index (χ1n) is 17.0. The Hall–Kier alpha value is -4.82. The standard InChI is InChI=1S/C38H36ClF8N7OS/c1-18-15-38(46,47)34(29(18)31(48)35(44)45)50-16-28(55)52-26(13-19-11-20(40)14-21(41)12-19)32-23(6-5-22(51-32)9-10-37(2,3)56-4)24-7-8-25(39)30-33(24)54(17-27(42)43)53-36(30)49/h5-8,11-12,14,18,26-27,35,48,50H,13,15-17H2,1-4H3,(H2,49,53)(H,52,55)/t18-,26?/m0/s1. The molecule has 0 saturated carbocycles. The summed E-state index contributed by atoms with van der Waals surface area (Å²) >= 11 is 7.92. The molecule has 18 heteroatoms. The van der Waals surface area contributed by atoms with E-state index >= 15 is 8.78 Å². The molecule has 5 rings (SSSR count). The summed E-state index contributed by atoms with van der Waals surface area (Å²) in [5.41, 5.74) is 3.97. The van der Waals surface area contributed by atoms with Crippen molar-refractivity contribution in [3.8, 4) is 23.0 Å². The van der Waals surface area contributed by atoms with Gasteiger partial charge in [-0.05, 0) is 74.3 Å². The molecule has 0 bridgehead atoms. The second-order valence-corrected chi connectivity index (χ2v) is 15.5. The number of thioether (sulfide) groups is 1. The van der Waals surface area contributed by atoms with Crippen LogP contribution in [0.4, 0.5) is 40.9 Å². The molecule has 2 heterocycles. The first-order chi connectivity index (χ1) is 26.2. The van der Waals surface area contributed by atoms with Crippen molar-refractivity contribution in [1.82, 2.24) is 25.4 Å². The Labute approximate surface area is 326 Å². The number of nitrogens with zero attached hydrogens (tertiary/aromatic N) is 3. The zero-order chi connectivity index (χ0) is 41.3. The number of carbonyl (C=O) groups excluding carboxylic acids is 1. The third-order valence-corrected chi connectivity index (χ3v) is 10.5. The Bertz CT molecular complexity index is 2250. The molecule has 0 spiro atoms.